The van der Waals surface area contributed by atoms with E-state index < -0.39 is 0 Å². The summed E-state index contributed by atoms with van der Waals surface area (Å²) in [5.74, 6) is 1.74. The van der Waals surface area contributed by atoms with Crippen LogP contribution in [0.5, 0.6) is 0 Å². The maximum absolute atomic E-state index is 12.9. The van der Waals surface area contributed by atoms with Gasteiger partial charge >= 0.3 is 0 Å². The van der Waals surface area contributed by atoms with Gasteiger partial charge in [0.1, 0.15) is 0 Å². The Morgan fingerprint density at radius 3 is 2.43 bits per heavy atom. The molecule has 1 saturated heterocycles. The van der Waals surface area contributed by atoms with Crippen molar-refractivity contribution in [3.05, 3.63) is 0 Å². The van der Waals surface area contributed by atoms with Crippen LogP contribution in [0, 0.1) is 11.8 Å². The summed E-state index contributed by atoms with van der Waals surface area (Å²) in [6.07, 6.45) is 9.69. The molecule has 21 heavy (non-hydrogen) atoms. The van der Waals surface area contributed by atoms with Gasteiger partial charge in [-0.2, -0.15) is 0 Å². The van der Waals surface area contributed by atoms with Gasteiger partial charge in [0.25, 0.3) is 0 Å². The first-order chi connectivity index (χ1) is 10.1. The molecule has 0 aromatic carbocycles. The third-order valence-electron chi connectivity index (χ3n) is 5.42. The number of carbonyl (C=O) groups excluding carboxylic acids is 1. The molecule has 3 heteroatoms. The van der Waals surface area contributed by atoms with Crippen LogP contribution in [-0.4, -0.2) is 29.1 Å². The summed E-state index contributed by atoms with van der Waals surface area (Å²) in [7, 11) is 0. The first-order valence-electron chi connectivity index (χ1n) is 9.18. The molecule has 1 saturated carbocycles. The molecule has 4 unspecified atom stereocenters. The van der Waals surface area contributed by atoms with Crippen molar-refractivity contribution in [2.24, 2.45) is 11.8 Å². The number of nitrogens with one attached hydrogen (secondary N) is 1. The summed E-state index contributed by atoms with van der Waals surface area (Å²) in [5, 5.41) is 3.63. The maximum atomic E-state index is 12.9. The second-order valence-electron chi connectivity index (χ2n) is 7.32. The van der Waals surface area contributed by atoms with Crippen molar-refractivity contribution in [3.63, 3.8) is 0 Å². The Morgan fingerprint density at radius 2 is 1.81 bits per heavy atom. The molecule has 1 heterocycles. The minimum absolute atomic E-state index is 0.0706. The number of hydrogen-bond donors (Lipinski definition) is 1. The summed E-state index contributed by atoms with van der Waals surface area (Å²) in [5.41, 5.74) is 0. The van der Waals surface area contributed by atoms with E-state index in [0.717, 1.165) is 25.7 Å². The normalized spacial score (nSPS) is 34.0. The highest BCUT2D eigenvalue weighted by Crippen LogP contribution is 2.36. The molecule has 0 aromatic rings. The average molecular weight is 294 g/mol. The Morgan fingerprint density at radius 1 is 1.14 bits per heavy atom. The van der Waals surface area contributed by atoms with Crippen molar-refractivity contribution < 1.29 is 4.79 Å². The molecule has 1 N–H and O–H groups in total. The first-order valence-corrected chi connectivity index (χ1v) is 9.18. The van der Waals surface area contributed by atoms with Crippen molar-refractivity contribution in [2.75, 3.05) is 0 Å². The quantitative estimate of drug-likeness (QED) is 0.805. The topological polar surface area (TPSA) is 32.3 Å². The van der Waals surface area contributed by atoms with Crippen molar-refractivity contribution in [2.45, 2.75) is 97.3 Å². The third-order valence-corrected chi connectivity index (χ3v) is 5.42. The lowest BCUT2D eigenvalue weighted by Crippen LogP contribution is -2.50. The Hall–Kier alpha value is -0.570. The van der Waals surface area contributed by atoms with Gasteiger partial charge in [0.2, 0.25) is 5.91 Å². The second kappa shape index (κ2) is 7.62. The van der Waals surface area contributed by atoms with E-state index in [1.807, 2.05) is 0 Å². The van der Waals surface area contributed by atoms with Gasteiger partial charge in [-0.25, -0.2) is 0 Å². The van der Waals surface area contributed by atoms with Crippen LogP contribution in [0.25, 0.3) is 0 Å². The molecule has 2 fully saturated rings. The van der Waals surface area contributed by atoms with Crippen molar-refractivity contribution in [3.8, 4) is 0 Å². The molecule has 1 amide bonds. The van der Waals surface area contributed by atoms with Gasteiger partial charge in [0.15, 0.2) is 0 Å². The summed E-state index contributed by atoms with van der Waals surface area (Å²) in [4.78, 5) is 15.2. The molecule has 0 spiro atoms. The van der Waals surface area contributed by atoms with E-state index in [1.54, 1.807) is 0 Å². The summed E-state index contributed by atoms with van der Waals surface area (Å²) in [6, 6.07) is 0.540. The maximum Gasteiger partial charge on any atom is 0.241 e. The number of nitrogens with zero attached hydrogens (tertiary/aromatic N) is 1. The summed E-state index contributed by atoms with van der Waals surface area (Å²) >= 11 is 0. The minimum atomic E-state index is 0.0706. The molecule has 2 rings (SSSR count). The van der Waals surface area contributed by atoms with E-state index in [4.69, 9.17) is 0 Å². The fourth-order valence-electron chi connectivity index (χ4n) is 4.37. The van der Waals surface area contributed by atoms with Crippen molar-refractivity contribution >= 4 is 5.91 Å². The molecule has 0 bridgehead atoms. The Balaban J connectivity index is 2.17. The van der Waals surface area contributed by atoms with Gasteiger partial charge in [-0.15, -0.1) is 0 Å². The Kier molecular flexibility index (Phi) is 6.09. The predicted molar refractivity (Wildman–Crippen MR) is 88.0 cm³/mol. The highest BCUT2D eigenvalue weighted by atomic mass is 16.2. The number of amides is 1. The number of carbonyl (C=O) groups is 1. The third kappa shape index (κ3) is 3.61. The van der Waals surface area contributed by atoms with E-state index in [1.165, 1.54) is 25.7 Å². The summed E-state index contributed by atoms with van der Waals surface area (Å²) in [6.45, 7) is 9.05. The SMILES string of the molecule is CCCC1NC(CCC)N(C2CCCCC2C(C)C)C1=O. The van der Waals surface area contributed by atoms with Crippen LogP contribution in [-0.2, 0) is 4.79 Å². The van der Waals surface area contributed by atoms with Gasteiger partial charge in [0, 0.05) is 6.04 Å². The van der Waals surface area contributed by atoms with Gasteiger partial charge < -0.3 is 4.90 Å². The van der Waals surface area contributed by atoms with E-state index >= 15 is 0 Å². The fraction of sp³-hybridized carbons (Fsp3) is 0.944. The van der Waals surface area contributed by atoms with E-state index in [0.29, 0.717) is 23.8 Å². The highest BCUT2D eigenvalue weighted by Gasteiger charge is 2.44. The largest absolute Gasteiger partial charge is 0.323 e. The molecule has 1 aliphatic heterocycles. The van der Waals surface area contributed by atoms with Crippen molar-refractivity contribution in [1.29, 1.82) is 0 Å². The standard InChI is InChI=1S/C18H34N2O/c1-5-9-15-18(21)20(17(19-15)10-6-2)16-12-8-7-11-14(16)13(3)4/h13-17,19H,5-12H2,1-4H3. The predicted octanol–water partition coefficient (Wildman–Crippen LogP) is 3.93. The lowest BCUT2D eigenvalue weighted by Gasteiger charge is -2.42. The molecule has 0 aromatic heterocycles. The number of hydrogen-bond acceptors (Lipinski definition) is 2. The zero-order chi connectivity index (χ0) is 15.4. The van der Waals surface area contributed by atoms with Crippen LogP contribution >= 0.6 is 0 Å². The zero-order valence-electron chi connectivity index (χ0n) is 14.4. The lowest BCUT2D eigenvalue weighted by molar-refractivity contribution is -0.135. The number of rotatable bonds is 6. The molecule has 0 radical (unpaired) electrons. The fourth-order valence-corrected chi connectivity index (χ4v) is 4.37. The molecule has 3 nitrogen and oxygen atoms in total. The van der Waals surface area contributed by atoms with E-state index in [9.17, 15) is 4.79 Å². The Labute approximate surface area is 130 Å². The monoisotopic (exact) mass is 294 g/mol. The molecule has 1 aliphatic carbocycles. The van der Waals surface area contributed by atoms with Gasteiger partial charge in [-0.05, 0) is 37.5 Å². The van der Waals surface area contributed by atoms with Crippen molar-refractivity contribution in [1.82, 2.24) is 10.2 Å². The zero-order valence-corrected chi connectivity index (χ0v) is 14.4. The van der Waals surface area contributed by atoms with E-state index in [-0.39, 0.29) is 12.2 Å². The first kappa shape index (κ1) is 16.8. The molecular formula is C18H34N2O. The molecule has 122 valence electrons. The van der Waals surface area contributed by atoms with E-state index in [2.05, 4.69) is 37.9 Å². The minimum Gasteiger partial charge on any atom is -0.323 e. The van der Waals surface area contributed by atoms with Gasteiger partial charge in [-0.1, -0.05) is 53.4 Å². The molecular weight excluding hydrogens is 260 g/mol. The smallest absolute Gasteiger partial charge is 0.241 e. The molecule has 2 aliphatic rings. The average Bonchev–Trinajstić information content (AvgIpc) is 2.76. The van der Waals surface area contributed by atoms with Crippen LogP contribution in [0.4, 0.5) is 0 Å². The molecule has 4 atom stereocenters. The van der Waals surface area contributed by atoms with Crippen LogP contribution in [0.15, 0.2) is 0 Å². The van der Waals surface area contributed by atoms with Gasteiger partial charge in [0.05, 0.1) is 12.2 Å². The van der Waals surface area contributed by atoms with Crippen LogP contribution in [0.2, 0.25) is 0 Å². The van der Waals surface area contributed by atoms with Crippen LogP contribution in [0.3, 0.4) is 0 Å². The summed E-state index contributed by atoms with van der Waals surface area (Å²) < 4.78 is 0. The van der Waals surface area contributed by atoms with Crippen LogP contribution in [0.1, 0.15) is 79.1 Å². The van der Waals surface area contributed by atoms with Gasteiger partial charge in [-0.3, -0.25) is 10.1 Å². The Bertz CT molecular complexity index is 342. The lowest BCUT2D eigenvalue weighted by atomic mass is 9.77. The second-order valence-corrected chi connectivity index (χ2v) is 7.32. The highest BCUT2D eigenvalue weighted by molar-refractivity contribution is 5.84. The van der Waals surface area contributed by atoms with Crippen LogP contribution < -0.4 is 5.32 Å².